The van der Waals surface area contributed by atoms with Crippen molar-refractivity contribution in [1.82, 2.24) is 0 Å². The average molecular weight is 202 g/mol. The minimum absolute atomic E-state index is 0.549. The van der Waals surface area contributed by atoms with Crippen LogP contribution in [0.1, 0.15) is 24.8 Å². The summed E-state index contributed by atoms with van der Waals surface area (Å²) in [4.78, 5) is 0. The summed E-state index contributed by atoms with van der Waals surface area (Å²) in [7, 11) is 0. The molecule has 2 N–H and O–H groups in total. The maximum Gasteiger partial charge on any atom is 0.142 e. The highest BCUT2D eigenvalue weighted by Gasteiger charge is 2.18. The van der Waals surface area contributed by atoms with Gasteiger partial charge in [-0.3, -0.25) is 0 Å². The summed E-state index contributed by atoms with van der Waals surface area (Å²) in [5.74, 6) is 1.39. The molecule has 1 aliphatic carbocycles. The first-order chi connectivity index (χ1) is 7.29. The number of nitrogens with zero attached hydrogens (tertiary/aromatic N) is 1. The fourth-order valence-corrected chi connectivity index (χ4v) is 1.62. The Morgan fingerprint density at radius 1 is 1.47 bits per heavy atom. The van der Waals surface area contributed by atoms with Gasteiger partial charge in [-0.1, -0.05) is 6.42 Å². The molecule has 0 aliphatic heterocycles. The molecule has 0 amide bonds. The fourth-order valence-electron chi connectivity index (χ4n) is 1.62. The van der Waals surface area contributed by atoms with E-state index in [1.807, 2.05) is 6.07 Å². The maximum atomic E-state index is 8.67. The Labute approximate surface area is 89.5 Å². The first-order valence-corrected chi connectivity index (χ1v) is 5.22. The molecule has 1 aromatic carbocycles. The second-order valence-corrected chi connectivity index (χ2v) is 3.97. The summed E-state index contributed by atoms with van der Waals surface area (Å²) < 4.78 is 5.61. The third-order valence-corrected chi connectivity index (χ3v) is 2.84. The van der Waals surface area contributed by atoms with Crippen molar-refractivity contribution in [2.24, 2.45) is 5.92 Å². The molecule has 0 radical (unpaired) electrons. The van der Waals surface area contributed by atoms with Gasteiger partial charge in [0.15, 0.2) is 0 Å². The lowest BCUT2D eigenvalue weighted by Crippen LogP contribution is -2.19. The molecule has 2 rings (SSSR count). The Balaban J connectivity index is 1.98. The number of nitriles is 1. The largest absolute Gasteiger partial charge is 0.491 e. The number of nitrogens with two attached hydrogens (primary N) is 1. The highest BCUT2D eigenvalue weighted by Crippen LogP contribution is 2.29. The molecule has 15 heavy (non-hydrogen) atoms. The van der Waals surface area contributed by atoms with E-state index in [0.717, 1.165) is 6.61 Å². The highest BCUT2D eigenvalue weighted by atomic mass is 16.5. The Morgan fingerprint density at radius 3 is 2.80 bits per heavy atom. The molecule has 3 nitrogen and oxygen atoms in total. The lowest BCUT2D eigenvalue weighted by molar-refractivity contribution is 0.181. The quantitative estimate of drug-likeness (QED) is 0.765. The molecule has 3 heteroatoms. The van der Waals surface area contributed by atoms with Crippen LogP contribution in [0.25, 0.3) is 0 Å². The van der Waals surface area contributed by atoms with Gasteiger partial charge in [0.1, 0.15) is 5.75 Å². The fraction of sp³-hybridized carbons (Fsp3) is 0.417. The Bertz CT molecular complexity index is 391. The molecule has 0 heterocycles. The molecule has 1 aliphatic rings. The molecule has 1 saturated carbocycles. The van der Waals surface area contributed by atoms with Gasteiger partial charge in [-0.15, -0.1) is 0 Å². The molecule has 1 fully saturated rings. The van der Waals surface area contributed by atoms with Crippen molar-refractivity contribution in [3.8, 4) is 11.8 Å². The summed E-state index contributed by atoms with van der Waals surface area (Å²) >= 11 is 0. The molecule has 0 atom stereocenters. The first-order valence-electron chi connectivity index (χ1n) is 5.22. The number of nitrogen functional groups attached to an aromatic ring is 1. The second-order valence-electron chi connectivity index (χ2n) is 3.97. The van der Waals surface area contributed by atoms with Gasteiger partial charge >= 0.3 is 0 Å². The highest BCUT2D eigenvalue weighted by molar-refractivity contribution is 5.56. The van der Waals surface area contributed by atoms with Crippen LogP contribution >= 0.6 is 0 Å². The van der Waals surface area contributed by atoms with Crippen molar-refractivity contribution < 1.29 is 4.74 Å². The number of benzene rings is 1. The zero-order chi connectivity index (χ0) is 10.7. The van der Waals surface area contributed by atoms with E-state index in [9.17, 15) is 0 Å². The van der Waals surface area contributed by atoms with Gasteiger partial charge in [0, 0.05) is 0 Å². The van der Waals surface area contributed by atoms with Crippen LogP contribution in [0.5, 0.6) is 5.75 Å². The Kier molecular flexibility index (Phi) is 2.77. The van der Waals surface area contributed by atoms with E-state index in [4.69, 9.17) is 15.7 Å². The lowest BCUT2D eigenvalue weighted by Gasteiger charge is -2.25. The van der Waals surface area contributed by atoms with Gasteiger partial charge in [-0.05, 0) is 37.0 Å². The molecular formula is C12H14N2O. The smallest absolute Gasteiger partial charge is 0.142 e. The molecular weight excluding hydrogens is 188 g/mol. The van der Waals surface area contributed by atoms with E-state index in [0.29, 0.717) is 22.9 Å². The lowest BCUT2D eigenvalue weighted by atomic mass is 9.86. The third kappa shape index (κ3) is 2.21. The summed E-state index contributed by atoms with van der Waals surface area (Å²) in [6.07, 6.45) is 3.84. The van der Waals surface area contributed by atoms with Crippen LogP contribution in [0.15, 0.2) is 18.2 Å². The van der Waals surface area contributed by atoms with Crippen molar-refractivity contribution in [3.05, 3.63) is 23.8 Å². The van der Waals surface area contributed by atoms with Crippen molar-refractivity contribution in [1.29, 1.82) is 5.26 Å². The van der Waals surface area contributed by atoms with Crippen LogP contribution in [-0.4, -0.2) is 6.61 Å². The molecule has 0 aromatic heterocycles. The van der Waals surface area contributed by atoms with Crippen molar-refractivity contribution in [3.63, 3.8) is 0 Å². The van der Waals surface area contributed by atoms with Gasteiger partial charge in [-0.2, -0.15) is 5.26 Å². The number of hydrogen-bond acceptors (Lipinski definition) is 3. The molecule has 0 unspecified atom stereocenters. The van der Waals surface area contributed by atoms with E-state index in [1.165, 1.54) is 19.3 Å². The molecule has 1 aromatic rings. The van der Waals surface area contributed by atoms with E-state index in [1.54, 1.807) is 18.2 Å². The maximum absolute atomic E-state index is 8.67. The molecule has 0 saturated heterocycles. The van der Waals surface area contributed by atoms with Crippen LogP contribution in [0.3, 0.4) is 0 Å². The SMILES string of the molecule is N#Cc1ccc(OCC2CCC2)c(N)c1. The Hall–Kier alpha value is -1.69. The monoisotopic (exact) mass is 202 g/mol. The van der Waals surface area contributed by atoms with Crippen molar-refractivity contribution in [2.75, 3.05) is 12.3 Å². The zero-order valence-electron chi connectivity index (χ0n) is 8.57. The first kappa shape index (κ1) is 9.85. The minimum Gasteiger partial charge on any atom is -0.491 e. The van der Waals surface area contributed by atoms with Crippen LogP contribution in [0.4, 0.5) is 5.69 Å². The minimum atomic E-state index is 0.549. The van der Waals surface area contributed by atoms with Gasteiger partial charge in [0.25, 0.3) is 0 Å². The topological polar surface area (TPSA) is 59.0 Å². The van der Waals surface area contributed by atoms with Gasteiger partial charge in [-0.25, -0.2) is 0 Å². The van der Waals surface area contributed by atoms with Gasteiger partial charge in [0.2, 0.25) is 0 Å². The van der Waals surface area contributed by atoms with Crippen LogP contribution in [0.2, 0.25) is 0 Å². The number of rotatable bonds is 3. The van der Waals surface area contributed by atoms with Crippen LogP contribution in [-0.2, 0) is 0 Å². The average Bonchev–Trinajstić information content (AvgIpc) is 2.18. The van der Waals surface area contributed by atoms with E-state index in [2.05, 4.69) is 0 Å². The van der Waals surface area contributed by atoms with E-state index in [-0.39, 0.29) is 0 Å². The normalized spacial score (nSPS) is 15.4. The molecule has 0 bridgehead atoms. The van der Waals surface area contributed by atoms with Gasteiger partial charge in [0.05, 0.1) is 23.9 Å². The van der Waals surface area contributed by atoms with Crippen molar-refractivity contribution >= 4 is 5.69 Å². The van der Waals surface area contributed by atoms with Crippen molar-refractivity contribution in [2.45, 2.75) is 19.3 Å². The summed E-state index contributed by atoms with van der Waals surface area (Å²) in [6.45, 7) is 0.746. The second kappa shape index (κ2) is 4.22. The summed E-state index contributed by atoms with van der Waals surface area (Å²) in [5.41, 5.74) is 6.89. The van der Waals surface area contributed by atoms with Gasteiger partial charge < -0.3 is 10.5 Å². The third-order valence-electron chi connectivity index (χ3n) is 2.84. The standard InChI is InChI=1S/C12H14N2O/c13-7-10-4-5-12(11(14)6-10)15-8-9-2-1-3-9/h4-6,9H,1-3,8,14H2. The Morgan fingerprint density at radius 2 is 2.27 bits per heavy atom. The van der Waals surface area contributed by atoms with E-state index >= 15 is 0 Å². The van der Waals surface area contributed by atoms with E-state index < -0.39 is 0 Å². The van der Waals surface area contributed by atoms with Crippen LogP contribution < -0.4 is 10.5 Å². The van der Waals surface area contributed by atoms with Crippen LogP contribution in [0, 0.1) is 17.2 Å². The molecule has 78 valence electrons. The number of hydrogen-bond donors (Lipinski definition) is 1. The molecule has 0 spiro atoms. The summed E-state index contributed by atoms with van der Waals surface area (Å²) in [6, 6.07) is 7.19. The number of ether oxygens (including phenoxy) is 1. The summed E-state index contributed by atoms with van der Waals surface area (Å²) in [5, 5.41) is 8.67. The number of anilines is 1. The zero-order valence-corrected chi connectivity index (χ0v) is 8.57. The predicted octanol–water partition coefficient (Wildman–Crippen LogP) is 2.32. The predicted molar refractivity (Wildman–Crippen MR) is 58.4 cm³/mol.